The van der Waals surface area contributed by atoms with Crippen LogP contribution >= 0.6 is 28.1 Å². The summed E-state index contributed by atoms with van der Waals surface area (Å²) in [6.45, 7) is 2.38. The minimum atomic E-state index is -0.375. The van der Waals surface area contributed by atoms with Crippen molar-refractivity contribution in [2.45, 2.75) is 19.9 Å². The van der Waals surface area contributed by atoms with Crippen molar-refractivity contribution in [3.05, 3.63) is 34.3 Å². The number of nitrogens with two attached hydrogens (primary N) is 1. The highest BCUT2D eigenvalue weighted by atomic mass is 79.9. The van der Waals surface area contributed by atoms with Gasteiger partial charge in [-0.2, -0.15) is 0 Å². The zero-order chi connectivity index (χ0) is 12.8. The Hall–Kier alpha value is -0.940. The Morgan fingerprint density at radius 1 is 1.47 bits per heavy atom. The first kappa shape index (κ1) is 14.1. The van der Waals surface area contributed by atoms with Crippen LogP contribution in [0.4, 0.5) is 0 Å². The summed E-state index contributed by atoms with van der Waals surface area (Å²) in [5.74, 6) is -0.483. The monoisotopic (exact) mass is 314 g/mol. The molecule has 0 saturated carbocycles. The van der Waals surface area contributed by atoms with Gasteiger partial charge in [0.05, 0.1) is 10.9 Å². The number of carbonyl (C=O) groups excluding carboxylic acids is 1. The quantitative estimate of drug-likeness (QED) is 0.820. The number of carbonyl (C=O) groups is 1. The fourth-order valence-electron chi connectivity index (χ4n) is 1.43. The number of amides is 1. The van der Waals surface area contributed by atoms with Crippen molar-refractivity contribution in [1.29, 1.82) is 0 Å². The second-order valence-corrected chi connectivity index (χ2v) is 5.09. The molecule has 1 atom stereocenters. The van der Waals surface area contributed by atoms with Crippen LogP contribution in [0.15, 0.2) is 28.7 Å². The highest BCUT2D eigenvalue weighted by molar-refractivity contribution is 9.10. The molecule has 0 bridgehead atoms. The molecule has 3 N–H and O–H groups in total. The van der Waals surface area contributed by atoms with E-state index in [2.05, 4.69) is 21.2 Å². The van der Waals surface area contributed by atoms with Crippen molar-refractivity contribution in [2.75, 3.05) is 0 Å². The van der Waals surface area contributed by atoms with Crippen molar-refractivity contribution in [3.63, 3.8) is 0 Å². The van der Waals surface area contributed by atoms with Gasteiger partial charge >= 0.3 is 0 Å². The third kappa shape index (κ3) is 4.44. The van der Waals surface area contributed by atoms with E-state index >= 15 is 0 Å². The Bertz CT molecular complexity index is 405. The molecule has 1 amide bonds. The average Bonchev–Trinajstić information content (AvgIpc) is 2.28. The van der Waals surface area contributed by atoms with Gasteiger partial charge in [-0.15, -0.1) is 0 Å². The highest BCUT2D eigenvalue weighted by Crippen LogP contribution is 2.10. The van der Waals surface area contributed by atoms with E-state index in [0.29, 0.717) is 13.0 Å². The molecule has 0 aliphatic rings. The van der Waals surface area contributed by atoms with Gasteiger partial charge in [-0.25, -0.2) is 0 Å². The minimum Gasteiger partial charge on any atom is -0.393 e. The maximum atomic E-state index is 11.8. The molecular formula is C12H15BrN2OS. The highest BCUT2D eigenvalue weighted by Gasteiger charge is 2.18. The molecule has 92 valence electrons. The predicted octanol–water partition coefficient (Wildman–Crippen LogP) is 2.38. The lowest BCUT2D eigenvalue weighted by Gasteiger charge is -2.13. The van der Waals surface area contributed by atoms with E-state index in [1.807, 2.05) is 31.2 Å². The van der Waals surface area contributed by atoms with Gasteiger partial charge in [0.25, 0.3) is 0 Å². The Balaban J connectivity index is 2.53. The van der Waals surface area contributed by atoms with Crippen LogP contribution in [-0.2, 0) is 11.3 Å². The SMILES string of the molecule is CCC(C(=O)NCc1ccc(Br)cc1)C(N)=S. The Morgan fingerprint density at radius 2 is 2.06 bits per heavy atom. The van der Waals surface area contributed by atoms with Crippen LogP contribution in [0.25, 0.3) is 0 Å². The van der Waals surface area contributed by atoms with Crippen LogP contribution in [-0.4, -0.2) is 10.9 Å². The van der Waals surface area contributed by atoms with Crippen LogP contribution < -0.4 is 11.1 Å². The summed E-state index contributed by atoms with van der Waals surface area (Å²) in [6, 6.07) is 7.77. The molecule has 1 rings (SSSR count). The van der Waals surface area contributed by atoms with E-state index in [1.165, 1.54) is 0 Å². The lowest BCUT2D eigenvalue weighted by atomic mass is 10.1. The van der Waals surface area contributed by atoms with Crippen LogP contribution in [0.2, 0.25) is 0 Å². The lowest BCUT2D eigenvalue weighted by Crippen LogP contribution is -2.37. The van der Waals surface area contributed by atoms with E-state index in [0.717, 1.165) is 10.0 Å². The molecule has 0 aliphatic heterocycles. The maximum Gasteiger partial charge on any atom is 0.230 e. The van der Waals surface area contributed by atoms with Crippen LogP contribution in [0.1, 0.15) is 18.9 Å². The van der Waals surface area contributed by atoms with E-state index in [9.17, 15) is 4.79 Å². The molecule has 0 fully saturated rings. The van der Waals surface area contributed by atoms with Gasteiger partial charge in [-0.3, -0.25) is 4.79 Å². The fourth-order valence-corrected chi connectivity index (χ4v) is 1.97. The molecule has 1 aromatic carbocycles. The largest absolute Gasteiger partial charge is 0.393 e. The normalized spacial score (nSPS) is 11.9. The second-order valence-electron chi connectivity index (χ2n) is 3.71. The van der Waals surface area contributed by atoms with Crippen molar-refractivity contribution in [3.8, 4) is 0 Å². The number of hydrogen-bond acceptors (Lipinski definition) is 2. The third-order valence-electron chi connectivity index (χ3n) is 2.45. The molecule has 1 unspecified atom stereocenters. The Kier molecular flexibility index (Phi) is 5.58. The Morgan fingerprint density at radius 3 is 2.53 bits per heavy atom. The zero-order valence-electron chi connectivity index (χ0n) is 9.57. The lowest BCUT2D eigenvalue weighted by molar-refractivity contribution is -0.123. The van der Waals surface area contributed by atoms with Crippen LogP contribution in [0.5, 0.6) is 0 Å². The maximum absolute atomic E-state index is 11.8. The zero-order valence-corrected chi connectivity index (χ0v) is 12.0. The summed E-state index contributed by atoms with van der Waals surface area (Å²) in [4.78, 5) is 12.0. The van der Waals surface area contributed by atoms with Gasteiger partial charge in [0.1, 0.15) is 0 Å². The molecule has 0 radical (unpaired) electrons. The molecule has 3 nitrogen and oxygen atoms in total. The van der Waals surface area contributed by atoms with Crippen molar-refractivity contribution < 1.29 is 4.79 Å². The van der Waals surface area contributed by atoms with Crippen LogP contribution in [0, 0.1) is 5.92 Å². The summed E-state index contributed by atoms with van der Waals surface area (Å²) in [7, 11) is 0. The standard InChI is InChI=1S/C12H15BrN2OS/c1-2-10(11(14)17)12(16)15-7-8-3-5-9(13)6-4-8/h3-6,10H,2,7H2,1H3,(H2,14,17)(H,15,16). The molecular weight excluding hydrogens is 300 g/mol. The number of rotatable bonds is 5. The molecule has 0 heterocycles. The average molecular weight is 315 g/mol. The summed E-state index contributed by atoms with van der Waals surface area (Å²) in [6.07, 6.45) is 0.626. The number of benzene rings is 1. The van der Waals surface area contributed by atoms with Gasteiger partial charge in [-0.05, 0) is 24.1 Å². The molecule has 0 spiro atoms. The molecule has 0 aromatic heterocycles. The predicted molar refractivity (Wildman–Crippen MR) is 76.6 cm³/mol. The van der Waals surface area contributed by atoms with Gasteiger partial charge in [0.2, 0.25) is 5.91 Å². The summed E-state index contributed by atoms with van der Waals surface area (Å²) in [5.41, 5.74) is 6.54. The number of thiocarbonyl (C=S) groups is 1. The minimum absolute atomic E-state index is 0.108. The summed E-state index contributed by atoms with van der Waals surface area (Å²) >= 11 is 8.21. The van der Waals surface area contributed by atoms with E-state index in [-0.39, 0.29) is 16.8 Å². The summed E-state index contributed by atoms with van der Waals surface area (Å²) in [5, 5.41) is 2.83. The van der Waals surface area contributed by atoms with Gasteiger partial charge in [-0.1, -0.05) is 47.2 Å². The van der Waals surface area contributed by atoms with Crippen LogP contribution in [0.3, 0.4) is 0 Å². The first-order valence-corrected chi connectivity index (χ1v) is 6.56. The van der Waals surface area contributed by atoms with E-state index in [4.69, 9.17) is 18.0 Å². The smallest absolute Gasteiger partial charge is 0.230 e. The number of nitrogens with one attached hydrogen (secondary N) is 1. The summed E-state index contributed by atoms with van der Waals surface area (Å²) < 4.78 is 1.02. The molecule has 1 aromatic rings. The molecule has 0 aliphatic carbocycles. The van der Waals surface area contributed by atoms with Crippen molar-refractivity contribution in [2.24, 2.45) is 11.7 Å². The molecule has 0 saturated heterocycles. The molecule has 5 heteroatoms. The van der Waals surface area contributed by atoms with E-state index < -0.39 is 0 Å². The van der Waals surface area contributed by atoms with Gasteiger partial charge in [0.15, 0.2) is 0 Å². The number of halogens is 1. The van der Waals surface area contributed by atoms with Gasteiger partial charge in [0, 0.05) is 11.0 Å². The van der Waals surface area contributed by atoms with E-state index in [1.54, 1.807) is 0 Å². The first-order valence-electron chi connectivity index (χ1n) is 5.36. The van der Waals surface area contributed by atoms with Crippen molar-refractivity contribution >= 4 is 39.0 Å². The topological polar surface area (TPSA) is 55.1 Å². The van der Waals surface area contributed by atoms with Crippen molar-refractivity contribution in [1.82, 2.24) is 5.32 Å². The fraction of sp³-hybridized carbons (Fsp3) is 0.333. The third-order valence-corrected chi connectivity index (χ3v) is 3.26. The van der Waals surface area contributed by atoms with Gasteiger partial charge < -0.3 is 11.1 Å². The second kappa shape index (κ2) is 6.71. The Labute approximate surface area is 115 Å². The molecule has 17 heavy (non-hydrogen) atoms. The number of hydrogen-bond donors (Lipinski definition) is 2. The first-order chi connectivity index (χ1) is 8.04.